The van der Waals surface area contributed by atoms with Crippen molar-refractivity contribution in [3.05, 3.63) is 46.7 Å². The second kappa shape index (κ2) is 8.87. The molecule has 0 fully saturated rings. The topological polar surface area (TPSA) is 51.2 Å². The zero-order valence-electron chi connectivity index (χ0n) is 12.2. The average molecular weight is 340 g/mol. The first-order chi connectivity index (χ1) is 10.7. The number of carbonyl (C=O) groups is 1. The summed E-state index contributed by atoms with van der Waals surface area (Å²) in [7, 11) is 1.59. The van der Waals surface area contributed by atoms with Crippen LogP contribution in [0.1, 0.15) is 11.3 Å². The highest BCUT2D eigenvalue weighted by Gasteiger charge is 2.09. The van der Waals surface area contributed by atoms with Crippen LogP contribution < -0.4 is 5.32 Å². The zero-order chi connectivity index (χ0) is 15.8. The van der Waals surface area contributed by atoms with Crippen LogP contribution in [0, 0.1) is 5.82 Å². The number of methoxy groups -OCH3 is 1. The normalized spacial score (nSPS) is 10.6. The highest BCUT2D eigenvalue weighted by molar-refractivity contribution is 8.00. The van der Waals surface area contributed by atoms with Gasteiger partial charge in [0.05, 0.1) is 18.7 Å². The predicted molar refractivity (Wildman–Crippen MR) is 86.7 cm³/mol. The number of hydrogen-bond acceptors (Lipinski definition) is 5. The molecule has 0 saturated carbocycles. The molecule has 0 unspecified atom stereocenters. The third kappa shape index (κ3) is 5.40. The van der Waals surface area contributed by atoms with Crippen LogP contribution in [0.15, 0.2) is 34.0 Å². The first kappa shape index (κ1) is 16.9. The molecule has 22 heavy (non-hydrogen) atoms. The summed E-state index contributed by atoms with van der Waals surface area (Å²) in [6.07, 6.45) is 0.250. The van der Waals surface area contributed by atoms with Gasteiger partial charge in [0.15, 0.2) is 0 Å². The molecule has 0 aliphatic carbocycles. The van der Waals surface area contributed by atoms with Crippen molar-refractivity contribution in [1.29, 1.82) is 0 Å². The maximum atomic E-state index is 13.5. The summed E-state index contributed by atoms with van der Waals surface area (Å²) >= 11 is 2.94. The smallest absolute Gasteiger partial charge is 0.226 e. The lowest BCUT2D eigenvalue weighted by Gasteiger charge is -2.02. The Morgan fingerprint density at radius 3 is 3.05 bits per heavy atom. The van der Waals surface area contributed by atoms with E-state index < -0.39 is 0 Å². The van der Waals surface area contributed by atoms with Crippen molar-refractivity contribution < 1.29 is 13.9 Å². The number of rotatable bonds is 8. The van der Waals surface area contributed by atoms with Crippen LogP contribution in [0.25, 0.3) is 0 Å². The molecule has 1 aromatic heterocycles. The van der Waals surface area contributed by atoms with Gasteiger partial charge >= 0.3 is 0 Å². The second-order valence-electron chi connectivity index (χ2n) is 4.50. The summed E-state index contributed by atoms with van der Waals surface area (Å²) in [6, 6.07) is 6.71. The fourth-order valence-corrected chi connectivity index (χ4v) is 3.54. The number of benzene rings is 1. The Morgan fingerprint density at radius 1 is 1.45 bits per heavy atom. The molecule has 7 heteroatoms. The quantitative estimate of drug-likeness (QED) is 0.593. The molecule has 0 spiro atoms. The van der Waals surface area contributed by atoms with Gasteiger partial charge < -0.3 is 10.1 Å². The molecule has 118 valence electrons. The number of carbonyl (C=O) groups excluding carboxylic acids is 1. The zero-order valence-corrected chi connectivity index (χ0v) is 13.8. The van der Waals surface area contributed by atoms with Crippen LogP contribution in [0.5, 0.6) is 0 Å². The lowest BCUT2D eigenvalue weighted by atomic mass is 10.2. The number of ether oxygens (including phenoxy) is 1. The number of aromatic nitrogens is 1. The van der Waals surface area contributed by atoms with Crippen LogP contribution in [0.2, 0.25) is 0 Å². The van der Waals surface area contributed by atoms with Crippen LogP contribution >= 0.6 is 23.1 Å². The minimum Gasteiger partial charge on any atom is -0.383 e. The molecule has 0 aliphatic heterocycles. The predicted octanol–water partition coefficient (Wildman–Crippen LogP) is 2.88. The molecular formula is C15H17FN2O2S2. The van der Waals surface area contributed by atoms with Gasteiger partial charge in [0.2, 0.25) is 5.91 Å². The minimum atomic E-state index is -0.204. The third-order valence-corrected chi connectivity index (χ3v) is 4.93. The maximum Gasteiger partial charge on any atom is 0.226 e. The number of nitrogens with zero attached hydrogens (tertiary/aromatic N) is 1. The van der Waals surface area contributed by atoms with Crippen LogP contribution in [-0.2, 0) is 21.7 Å². The van der Waals surface area contributed by atoms with Gasteiger partial charge in [-0.2, -0.15) is 0 Å². The van der Waals surface area contributed by atoms with Crippen LogP contribution in [0.3, 0.4) is 0 Å². The Kier molecular flexibility index (Phi) is 6.82. The van der Waals surface area contributed by atoms with Gasteiger partial charge in [-0.15, -0.1) is 11.3 Å². The molecule has 1 amide bonds. The van der Waals surface area contributed by atoms with Gasteiger partial charge in [0.1, 0.15) is 10.2 Å². The van der Waals surface area contributed by atoms with Crippen LogP contribution in [0.4, 0.5) is 4.39 Å². The van der Waals surface area contributed by atoms with E-state index in [4.69, 9.17) is 4.74 Å². The van der Waals surface area contributed by atoms with E-state index in [2.05, 4.69) is 10.3 Å². The number of thiazole rings is 1. The molecule has 0 radical (unpaired) electrons. The summed E-state index contributed by atoms with van der Waals surface area (Å²) < 4.78 is 19.2. The molecule has 2 aromatic rings. The molecule has 2 rings (SSSR count). The largest absolute Gasteiger partial charge is 0.383 e. The average Bonchev–Trinajstić information content (AvgIpc) is 2.94. The lowest BCUT2D eigenvalue weighted by Crippen LogP contribution is -2.28. The third-order valence-electron chi connectivity index (χ3n) is 2.81. The Hall–Kier alpha value is -1.44. The van der Waals surface area contributed by atoms with Crippen molar-refractivity contribution in [1.82, 2.24) is 10.3 Å². The van der Waals surface area contributed by atoms with Gasteiger partial charge in [0, 0.05) is 24.8 Å². The molecule has 0 atom stereocenters. The molecule has 1 N–H and O–H groups in total. The van der Waals surface area contributed by atoms with E-state index >= 15 is 0 Å². The number of amides is 1. The Balaban J connectivity index is 1.81. The van der Waals surface area contributed by atoms with E-state index in [0.29, 0.717) is 24.5 Å². The summed E-state index contributed by atoms with van der Waals surface area (Å²) in [4.78, 5) is 16.1. The summed E-state index contributed by atoms with van der Waals surface area (Å²) in [5.74, 6) is 0.247. The monoisotopic (exact) mass is 340 g/mol. The fraction of sp³-hybridized carbons (Fsp3) is 0.333. The van der Waals surface area contributed by atoms with E-state index in [1.54, 1.807) is 19.2 Å². The van der Waals surface area contributed by atoms with Crippen molar-refractivity contribution >= 4 is 29.0 Å². The summed E-state index contributed by atoms with van der Waals surface area (Å²) in [5.41, 5.74) is 1.39. The van der Waals surface area contributed by atoms with E-state index in [1.807, 2.05) is 11.4 Å². The minimum absolute atomic E-state index is 0.0759. The molecular weight excluding hydrogens is 323 g/mol. The summed E-state index contributed by atoms with van der Waals surface area (Å²) in [6.45, 7) is 0.987. The van der Waals surface area contributed by atoms with Crippen LogP contribution in [-0.4, -0.2) is 31.2 Å². The first-order valence-corrected chi connectivity index (χ1v) is 8.62. The molecule has 4 nitrogen and oxygen atoms in total. The first-order valence-electron chi connectivity index (χ1n) is 6.75. The Morgan fingerprint density at radius 2 is 2.27 bits per heavy atom. The van der Waals surface area contributed by atoms with Gasteiger partial charge in [-0.3, -0.25) is 4.79 Å². The number of halogens is 1. The SMILES string of the molecule is COCCNC(=O)Cc1csc(SCc2ccccc2F)n1. The van der Waals surface area contributed by atoms with E-state index in [0.717, 1.165) is 10.0 Å². The summed E-state index contributed by atoms with van der Waals surface area (Å²) in [5, 5.41) is 4.61. The van der Waals surface area contributed by atoms with E-state index in [-0.39, 0.29) is 18.1 Å². The van der Waals surface area contributed by atoms with Crippen molar-refractivity contribution in [2.45, 2.75) is 16.5 Å². The van der Waals surface area contributed by atoms with E-state index in [1.165, 1.54) is 29.2 Å². The van der Waals surface area contributed by atoms with Gasteiger partial charge in [-0.05, 0) is 11.6 Å². The Labute approximate surface area is 137 Å². The maximum absolute atomic E-state index is 13.5. The molecule has 0 bridgehead atoms. The van der Waals surface area contributed by atoms with Gasteiger partial charge in [-0.1, -0.05) is 30.0 Å². The number of hydrogen-bond donors (Lipinski definition) is 1. The van der Waals surface area contributed by atoms with E-state index in [9.17, 15) is 9.18 Å². The number of nitrogens with one attached hydrogen (secondary N) is 1. The van der Waals surface area contributed by atoms with Crippen molar-refractivity contribution in [3.63, 3.8) is 0 Å². The molecule has 1 aromatic carbocycles. The van der Waals surface area contributed by atoms with Crippen molar-refractivity contribution in [2.75, 3.05) is 20.3 Å². The van der Waals surface area contributed by atoms with Gasteiger partial charge in [0.25, 0.3) is 0 Å². The molecule has 0 aliphatic rings. The highest BCUT2D eigenvalue weighted by Crippen LogP contribution is 2.27. The second-order valence-corrected chi connectivity index (χ2v) is 6.58. The lowest BCUT2D eigenvalue weighted by molar-refractivity contribution is -0.120. The molecule has 0 saturated heterocycles. The van der Waals surface area contributed by atoms with Crippen molar-refractivity contribution in [3.8, 4) is 0 Å². The fourth-order valence-electron chi connectivity index (χ4n) is 1.71. The standard InChI is InChI=1S/C15H17FN2O2S2/c1-20-7-6-17-14(19)8-12-10-22-15(18-12)21-9-11-4-2-3-5-13(11)16/h2-5,10H,6-9H2,1H3,(H,17,19). The Bertz CT molecular complexity index is 619. The molecule has 1 heterocycles. The number of thioether (sulfide) groups is 1. The highest BCUT2D eigenvalue weighted by atomic mass is 32.2. The van der Waals surface area contributed by atoms with Crippen molar-refractivity contribution in [2.24, 2.45) is 0 Å². The van der Waals surface area contributed by atoms with Gasteiger partial charge in [-0.25, -0.2) is 9.37 Å².